The number of rotatable bonds is 1. The molecule has 1 N–H and O–H groups in total. The molecule has 10 heavy (non-hydrogen) atoms. The largest absolute Gasteiger partial charge is 0.379 e. The first-order chi connectivity index (χ1) is 4.84. The summed E-state index contributed by atoms with van der Waals surface area (Å²) in [6.45, 7) is 6.01. The van der Waals surface area contributed by atoms with E-state index in [9.17, 15) is 0 Å². The van der Waals surface area contributed by atoms with Gasteiger partial charge in [0.25, 0.3) is 0 Å². The van der Waals surface area contributed by atoms with Crippen molar-refractivity contribution in [2.45, 2.75) is 13.0 Å². The van der Waals surface area contributed by atoms with Crippen molar-refractivity contribution in [3.8, 4) is 0 Å². The molecule has 0 aliphatic carbocycles. The van der Waals surface area contributed by atoms with Crippen molar-refractivity contribution in [1.82, 2.24) is 5.32 Å². The van der Waals surface area contributed by atoms with E-state index in [4.69, 9.17) is 9.53 Å². The predicted molar refractivity (Wildman–Crippen MR) is 40.0 cm³/mol. The van der Waals surface area contributed by atoms with Crippen LogP contribution in [0.1, 0.15) is 6.92 Å². The minimum Gasteiger partial charge on any atom is -0.379 e. The van der Waals surface area contributed by atoms with Crippen LogP contribution in [-0.4, -0.2) is 33.1 Å². The predicted octanol–water partition coefficient (Wildman–Crippen LogP) is 0.0558. The fourth-order valence-corrected chi connectivity index (χ4v) is 1.03. The van der Waals surface area contributed by atoms with E-state index in [0.29, 0.717) is 12.0 Å². The van der Waals surface area contributed by atoms with Crippen LogP contribution in [0.2, 0.25) is 0 Å². The monoisotopic (exact) mass is 145 g/mol. The molecular weight excluding hydrogens is 130 g/mol. The first kappa shape index (κ1) is 9.59. The second kappa shape index (κ2) is 5.38. The highest BCUT2D eigenvalue weighted by Crippen LogP contribution is 2.10. The van der Waals surface area contributed by atoms with Crippen LogP contribution in [0.25, 0.3) is 0 Å². The van der Waals surface area contributed by atoms with Crippen LogP contribution < -0.4 is 5.32 Å². The first-order valence-electron chi connectivity index (χ1n) is 3.38. The summed E-state index contributed by atoms with van der Waals surface area (Å²) in [6, 6.07) is 0.593. The van der Waals surface area contributed by atoms with Crippen LogP contribution in [0.4, 0.5) is 0 Å². The third kappa shape index (κ3) is 2.45. The average molecular weight is 145 g/mol. The fourth-order valence-electron chi connectivity index (χ4n) is 1.03. The molecule has 2 unspecified atom stereocenters. The van der Waals surface area contributed by atoms with E-state index in [1.54, 1.807) is 0 Å². The lowest BCUT2D eigenvalue weighted by Crippen LogP contribution is -2.30. The molecule has 3 heteroatoms. The Bertz CT molecular complexity index is 87.7. The van der Waals surface area contributed by atoms with Crippen LogP contribution in [0.5, 0.6) is 0 Å². The zero-order valence-electron chi connectivity index (χ0n) is 6.59. The smallest absolute Gasteiger partial charge is 0.106 e. The van der Waals surface area contributed by atoms with Crippen LogP contribution in [-0.2, 0) is 9.53 Å². The number of likely N-dealkylation sites (N-methyl/N-ethyl adjacent to an activating group) is 1. The molecule has 0 aromatic rings. The zero-order valence-corrected chi connectivity index (χ0v) is 6.59. The lowest BCUT2D eigenvalue weighted by Gasteiger charge is -2.09. The summed E-state index contributed by atoms with van der Waals surface area (Å²) in [7, 11) is 1.98. The maximum atomic E-state index is 8.00. The van der Waals surface area contributed by atoms with Gasteiger partial charge in [-0.25, -0.2) is 0 Å². The first-order valence-corrected chi connectivity index (χ1v) is 3.38. The van der Waals surface area contributed by atoms with E-state index in [2.05, 4.69) is 12.2 Å². The quantitative estimate of drug-likeness (QED) is 0.567. The molecule has 60 valence electrons. The maximum absolute atomic E-state index is 8.00. The summed E-state index contributed by atoms with van der Waals surface area (Å²) < 4.78 is 5.20. The van der Waals surface area contributed by atoms with Gasteiger partial charge in [-0.3, -0.25) is 0 Å². The Kier molecular flexibility index (Phi) is 5.16. The number of hydrogen-bond donors (Lipinski definition) is 1. The molecule has 0 spiro atoms. The van der Waals surface area contributed by atoms with Gasteiger partial charge in [-0.15, -0.1) is 0 Å². The molecule has 1 rings (SSSR count). The number of carbonyl (C=O) groups is 1. The van der Waals surface area contributed by atoms with Gasteiger partial charge in [-0.05, 0) is 13.0 Å². The van der Waals surface area contributed by atoms with Gasteiger partial charge in [-0.2, -0.15) is 0 Å². The van der Waals surface area contributed by atoms with Crippen molar-refractivity contribution in [1.29, 1.82) is 0 Å². The van der Waals surface area contributed by atoms with Gasteiger partial charge >= 0.3 is 0 Å². The summed E-state index contributed by atoms with van der Waals surface area (Å²) in [4.78, 5) is 8.00. The highest BCUT2D eigenvalue weighted by molar-refractivity contribution is 5.10. The van der Waals surface area contributed by atoms with E-state index in [1.807, 2.05) is 13.8 Å². The van der Waals surface area contributed by atoms with E-state index < -0.39 is 0 Å². The lowest BCUT2D eigenvalue weighted by atomic mass is 10.1. The van der Waals surface area contributed by atoms with Gasteiger partial charge < -0.3 is 14.8 Å². The van der Waals surface area contributed by atoms with Crippen molar-refractivity contribution >= 4 is 6.79 Å². The van der Waals surface area contributed by atoms with Gasteiger partial charge in [0.05, 0.1) is 13.2 Å². The number of carbonyl (C=O) groups excluding carboxylic acids is 1. The number of nitrogens with one attached hydrogen (secondary N) is 1. The van der Waals surface area contributed by atoms with Crippen molar-refractivity contribution in [2.24, 2.45) is 5.92 Å². The van der Waals surface area contributed by atoms with Crippen molar-refractivity contribution < 1.29 is 9.53 Å². The van der Waals surface area contributed by atoms with Crippen molar-refractivity contribution in [3.05, 3.63) is 0 Å². The molecule has 1 fully saturated rings. The molecule has 1 aliphatic heterocycles. The normalized spacial score (nSPS) is 31.0. The second-order valence-corrected chi connectivity index (χ2v) is 2.41. The van der Waals surface area contributed by atoms with Crippen molar-refractivity contribution in [3.63, 3.8) is 0 Å². The van der Waals surface area contributed by atoms with Gasteiger partial charge in [0.2, 0.25) is 0 Å². The van der Waals surface area contributed by atoms with E-state index in [0.717, 1.165) is 13.2 Å². The average Bonchev–Trinajstić information content (AvgIpc) is 2.39. The van der Waals surface area contributed by atoms with Gasteiger partial charge in [-0.1, -0.05) is 6.92 Å². The summed E-state index contributed by atoms with van der Waals surface area (Å²) in [5.74, 6) is 0.694. The summed E-state index contributed by atoms with van der Waals surface area (Å²) in [6.07, 6.45) is 0. The van der Waals surface area contributed by atoms with E-state index in [1.165, 1.54) is 0 Å². The molecule has 0 amide bonds. The molecule has 0 bridgehead atoms. The Morgan fingerprint density at radius 1 is 1.50 bits per heavy atom. The minimum atomic E-state index is 0.593. The Morgan fingerprint density at radius 3 is 2.30 bits per heavy atom. The zero-order chi connectivity index (χ0) is 7.98. The Morgan fingerprint density at radius 2 is 2.10 bits per heavy atom. The molecule has 0 saturated carbocycles. The molecule has 1 heterocycles. The fraction of sp³-hybridized carbons (Fsp3) is 0.857. The molecule has 1 aliphatic rings. The molecule has 1 saturated heterocycles. The third-order valence-corrected chi connectivity index (χ3v) is 1.74. The maximum Gasteiger partial charge on any atom is 0.106 e. The van der Waals surface area contributed by atoms with Gasteiger partial charge in [0.15, 0.2) is 0 Å². The summed E-state index contributed by atoms with van der Waals surface area (Å²) in [5, 5.41) is 3.19. The molecule has 0 radical (unpaired) electrons. The van der Waals surface area contributed by atoms with Crippen LogP contribution in [0.15, 0.2) is 0 Å². The van der Waals surface area contributed by atoms with Crippen LogP contribution in [0, 0.1) is 5.92 Å². The molecule has 2 atom stereocenters. The highest BCUT2D eigenvalue weighted by atomic mass is 16.5. The van der Waals surface area contributed by atoms with E-state index >= 15 is 0 Å². The van der Waals surface area contributed by atoms with Crippen LogP contribution in [0.3, 0.4) is 0 Å². The SMILES string of the molecule is C=O.CNC1COCC1C. The summed E-state index contributed by atoms with van der Waals surface area (Å²) >= 11 is 0. The lowest BCUT2D eigenvalue weighted by molar-refractivity contribution is -0.0979. The van der Waals surface area contributed by atoms with Gasteiger partial charge in [0, 0.05) is 6.04 Å². The molecule has 0 aromatic heterocycles. The van der Waals surface area contributed by atoms with E-state index in [-0.39, 0.29) is 0 Å². The Hall–Kier alpha value is -0.410. The van der Waals surface area contributed by atoms with Crippen LogP contribution >= 0.6 is 0 Å². The highest BCUT2D eigenvalue weighted by Gasteiger charge is 2.21. The molecule has 3 nitrogen and oxygen atoms in total. The molecular formula is C7H15NO2. The topological polar surface area (TPSA) is 38.3 Å². The van der Waals surface area contributed by atoms with Crippen molar-refractivity contribution in [2.75, 3.05) is 20.3 Å². The Balaban J connectivity index is 0.000000371. The second-order valence-electron chi connectivity index (χ2n) is 2.41. The number of ether oxygens (including phenoxy) is 1. The minimum absolute atomic E-state index is 0.593. The van der Waals surface area contributed by atoms with Gasteiger partial charge in [0.1, 0.15) is 6.79 Å². The number of hydrogen-bond acceptors (Lipinski definition) is 3. The summed E-state index contributed by atoms with van der Waals surface area (Å²) in [5.41, 5.74) is 0. The third-order valence-electron chi connectivity index (χ3n) is 1.74. The Labute approximate surface area is 61.8 Å². The standard InChI is InChI=1S/C6H13NO.CH2O/c1-5-3-8-4-6(5)7-2;1-2/h5-7H,3-4H2,1-2H3;1H2. The molecule has 0 aromatic carbocycles.